The van der Waals surface area contributed by atoms with Gasteiger partial charge in [0.15, 0.2) is 0 Å². The number of anilines is 1. The summed E-state index contributed by atoms with van der Waals surface area (Å²) in [5.41, 5.74) is 0.780. The summed E-state index contributed by atoms with van der Waals surface area (Å²) < 4.78 is 22.6. The first-order valence-corrected chi connectivity index (χ1v) is 6.60. The average molecular weight is 303 g/mol. The molecular formula is C16H14FNO4. The van der Waals surface area contributed by atoms with Crippen LogP contribution in [0.1, 0.15) is 17.3 Å². The Morgan fingerprint density at radius 2 is 1.68 bits per heavy atom. The molecule has 0 bridgehead atoms. The van der Waals surface area contributed by atoms with Gasteiger partial charge in [-0.05, 0) is 55.5 Å². The SMILES string of the molecule is CCOC(=O)c1ccc(OC(=O)Nc2ccc(F)cc2)cc1. The van der Waals surface area contributed by atoms with Crippen molar-refractivity contribution in [3.63, 3.8) is 0 Å². The summed E-state index contributed by atoms with van der Waals surface area (Å²) in [7, 11) is 0. The predicted molar refractivity (Wildman–Crippen MR) is 78.4 cm³/mol. The summed E-state index contributed by atoms with van der Waals surface area (Å²) in [5, 5.41) is 2.46. The molecule has 0 aromatic heterocycles. The van der Waals surface area contributed by atoms with Crippen molar-refractivity contribution in [3.8, 4) is 5.75 Å². The minimum absolute atomic E-state index is 0.271. The highest BCUT2D eigenvalue weighted by Crippen LogP contribution is 2.15. The second-order valence-corrected chi connectivity index (χ2v) is 4.27. The zero-order valence-corrected chi connectivity index (χ0v) is 11.8. The highest BCUT2D eigenvalue weighted by atomic mass is 19.1. The van der Waals surface area contributed by atoms with Gasteiger partial charge < -0.3 is 9.47 Å². The number of halogens is 1. The first-order valence-electron chi connectivity index (χ1n) is 6.60. The summed E-state index contributed by atoms with van der Waals surface area (Å²) in [6.07, 6.45) is -0.713. The third kappa shape index (κ3) is 4.31. The molecule has 0 radical (unpaired) electrons. The van der Waals surface area contributed by atoms with Gasteiger partial charge in [0.1, 0.15) is 11.6 Å². The molecule has 114 valence electrons. The molecule has 2 aromatic carbocycles. The minimum atomic E-state index is -0.713. The van der Waals surface area contributed by atoms with Crippen LogP contribution in [-0.4, -0.2) is 18.7 Å². The largest absolute Gasteiger partial charge is 0.462 e. The van der Waals surface area contributed by atoms with Crippen LogP contribution < -0.4 is 10.1 Å². The van der Waals surface area contributed by atoms with Gasteiger partial charge in [-0.1, -0.05) is 0 Å². The maximum atomic E-state index is 12.7. The molecule has 0 aliphatic heterocycles. The fourth-order valence-corrected chi connectivity index (χ4v) is 1.66. The van der Waals surface area contributed by atoms with E-state index in [2.05, 4.69) is 5.32 Å². The fraction of sp³-hybridized carbons (Fsp3) is 0.125. The van der Waals surface area contributed by atoms with Crippen molar-refractivity contribution < 1.29 is 23.5 Å². The Bertz CT molecular complexity index is 653. The Morgan fingerprint density at radius 1 is 1.05 bits per heavy atom. The van der Waals surface area contributed by atoms with E-state index < -0.39 is 17.9 Å². The third-order valence-electron chi connectivity index (χ3n) is 2.67. The second-order valence-electron chi connectivity index (χ2n) is 4.27. The van der Waals surface area contributed by atoms with Gasteiger partial charge in [0, 0.05) is 5.69 Å². The van der Waals surface area contributed by atoms with E-state index in [1.807, 2.05) is 0 Å². The molecular weight excluding hydrogens is 289 g/mol. The number of nitrogens with one attached hydrogen (secondary N) is 1. The van der Waals surface area contributed by atoms with Gasteiger partial charge in [0.2, 0.25) is 0 Å². The highest BCUT2D eigenvalue weighted by molar-refractivity contribution is 5.90. The van der Waals surface area contributed by atoms with Crippen LogP contribution in [0.5, 0.6) is 5.75 Å². The van der Waals surface area contributed by atoms with E-state index in [-0.39, 0.29) is 12.4 Å². The van der Waals surface area contributed by atoms with E-state index >= 15 is 0 Å². The smallest absolute Gasteiger partial charge is 0.417 e. The molecule has 2 aromatic rings. The maximum Gasteiger partial charge on any atom is 0.417 e. The van der Waals surface area contributed by atoms with Crippen LogP contribution in [-0.2, 0) is 4.74 Å². The molecule has 0 spiro atoms. The van der Waals surface area contributed by atoms with E-state index in [4.69, 9.17) is 9.47 Å². The summed E-state index contributed by atoms with van der Waals surface area (Å²) >= 11 is 0. The number of hydrogen-bond donors (Lipinski definition) is 1. The number of carbonyl (C=O) groups is 2. The first-order chi connectivity index (χ1) is 10.6. The molecule has 5 nitrogen and oxygen atoms in total. The van der Waals surface area contributed by atoms with Crippen LogP contribution in [0, 0.1) is 5.82 Å². The van der Waals surface area contributed by atoms with Crippen molar-refractivity contribution in [2.24, 2.45) is 0 Å². The minimum Gasteiger partial charge on any atom is -0.462 e. The van der Waals surface area contributed by atoms with Gasteiger partial charge in [-0.3, -0.25) is 5.32 Å². The van der Waals surface area contributed by atoms with Crippen LogP contribution >= 0.6 is 0 Å². The molecule has 0 aliphatic carbocycles. The summed E-state index contributed by atoms with van der Waals surface area (Å²) in [6, 6.07) is 11.2. The van der Waals surface area contributed by atoms with E-state index in [9.17, 15) is 14.0 Å². The number of carbonyl (C=O) groups excluding carboxylic acids is 2. The number of amides is 1. The molecule has 1 N–H and O–H groups in total. The monoisotopic (exact) mass is 303 g/mol. The Balaban J connectivity index is 1.94. The lowest BCUT2D eigenvalue weighted by Gasteiger charge is -2.07. The quantitative estimate of drug-likeness (QED) is 0.876. The molecule has 0 unspecified atom stereocenters. The maximum absolute atomic E-state index is 12.7. The molecule has 1 amide bonds. The van der Waals surface area contributed by atoms with Crippen LogP contribution in [0.2, 0.25) is 0 Å². The fourth-order valence-electron chi connectivity index (χ4n) is 1.66. The zero-order valence-electron chi connectivity index (χ0n) is 11.8. The van der Waals surface area contributed by atoms with E-state index in [1.165, 1.54) is 48.5 Å². The van der Waals surface area contributed by atoms with Crippen molar-refractivity contribution in [1.82, 2.24) is 0 Å². The summed E-state index contributed by atoms with van der Waals surface area (Å²) in [4.78, 5) is 23.1. The van der Waals surface area contributed by atoms with Gasteiger partial charge in [-0.15, -0.1) is 0 Å². The molecule has 6 heteroatoms. The zero-order chi connectivity index (χ0) is 15.9. The molecule has 22 heavy (non-hydrogen) atoms. The lowest BCUT2D eigenvalue weighted by Crippen LogP contribution is -2.16. The van der Waals surface area contributed by atoms with Crippen LogP contribution in [0.25, 0.3) is 0 Å². The Hall–Kier alpha value is -2.89. The number of rotatable bonds is 4. The lowest BCUT2D eigenvalue weighted by molar-refractivity contribution is 0.0526. The number of esters is 1. The molecule has 0 saturated heterocycles. The van der Waals surface area contributed by atoms with Gasteiger partial charge in [-0.25, -0.2) is 14.0 Å². The molecule has 0 aliphatic rings. The second kappa shape index (κ2) is 7.21. The number of ether oxygens (including phenoxy) is 2. The Labute approximate surface area is 126 Å². The van der Waals surface area contributed by atoms with E-state index in [0.717, 1.165) is 0 Å². The lowest BCUT2D eigenvalue weighted by atomic mass is 10.2. The van der Waals surface area contributed by atoms with Crippen molar-refractivity contribution in [1.29, 1.82) is 0 Å². The van der Waals surface area contributed by atoms with E-state index in [0.29, 0.717) is 11.3 Å². The molecule has 2 rings (SSSR count). The van der Waals surface area contributed by atoms with Gasteiger partial charge in [-0.2, -0.15) is 0 Å². The van der Waals surface area contributed by atoms with Crippen LogP contribution in [0.4, 0.5) is 14.9 Å². The van der Waals surface area contributed by atoms with Crippen molar-refractivity contribution >= 4 is 17.7 Å². The molecule has 0 fully saturated rings. The topological polar surface area (TPSA) is 64.6 Å². The standard InChI is InChI=1S/C16H14FNO4/c1-2-21-15(19)11-3-9-14(10-4-11)22-16(20)18-13-7-5-12(17)6-8-13/h3-10H,2H2,1H3,(H,18,20). The first kappa shape index (κ1) is 15.5. The van der Waals surface area contributed by atoms with Crippen LogP contribution in [0.3, 0.4) is 0 Å². The highest BCUT2D eigenvalue weighted by Gasteiger charge is 2.08. The molecule has 0 heterocycles. The summed E-state index contributed by atoms with van der Waals surface area (Å²) in [5.74, 6) is -0.564. The van der Waals surface area contributed by atoms with Crippen LogP contribution in [0.15, 0.2) is 48.5 Å². The van der Waals surface area contributed by atoms with Crippen molar-refractivity contribution in [2.75, 3.05) is 11.9 Å². The normalized spacial score (nSPS) is 9.91. The average Bonchev–Trinajstić information content (AvgIpc) is 2.50. The van der Waals surface area contributed by atoms with Gasteiger partial charge in [0.05, 0.1) is 12.2 Å². The van der Waals surface area contributed by atoms with Crippen molar-refractivity contribution in [3.05, 3.63) is 59.9 Å². The predicted octanol–water partition coefficient (Wildman–Crippen LogP) is 3.61. The van der Waals surface area contributed by atoms with Gasteiger partial charge in [0.25, 0.3) is 0 Å². The van der Waals surface area contributed by atoms with Crippen molar-refractivity contribution in [2.45, 2.75) is 6.92 Å². The third-order valence-corrected chi connectivity index (χ3v) is 2.67. The molecule has 0 atom stereocenters. The number of hydrogen-bond acceptors (Lipinski definition) is 4. The number of benzene rings is 2. The Morgan fingerprint density at radius 3 is 2.27 bits per heavy atom. The molecule has 0 saturated carbocycles. The van der Waals surface area contributed by atoms with Gasteiger partial charge >= 0.3 is 12.1 Å². The van der Waals surface area contributed by atoms with E-state index in [1.54, 1.807) is 6.92 Å². The Kier molecular flexibility index (Phi) is 5.08. The summed E-state index contributed by atoms with van der Waals surface area (Å²) in [6.45, 7) is 2.01.